The third kappa shape index (κ3) is 9.42. The summed E-state index contributed by atoms with van der Waals surface area (Å²) in [6.07, 6.45) is -0.698. The molecule has 38 heavy (non-hydrogen) atoms. The third-order valence-corrected chi connectivity index (χ3v) is 5.91. The Balaban J connectivity index is 1.98. The van der Waals surface area contributed by atoms with Crippen LogP contribution in [0.2, 0.25) is 0 Å². The number of nitrogens with zero attached hydrogens (tertiary/aromatic N) is 1. The van der Waals surface area contributed by atoms with E-state index in [2.05, 4.69) is 15.5 Å². The zero-order valence-corrected chi connectivity index (χ0v) is 22.6. The number of amides is 2. The van der Waals surface area contributed by atoms with Gasteiger partial charge >= 0.3 is 11.9 Å². The van der Waals surface area contributed by atoms with E-state index in [1.165, 1.54) is 19.1 Å². The number of hydrogen-bond donors (Lipinski definition) is 4. The number of aryl methyl sites for hydroxylation is 1. The number of aliphatic carboxylic acids is 2. The lowest BCUT2D eigenvalue weighted by molar-refractivity contribution is -0.143. The highest BCUT2D eigenvalue weighted by molar-refractivity contribution is 6.18. The summed E-state index contributed by atoms with van der Waals surface area (Å²) in [7, 11) is 0. The van der Waals surface area contributed by atoms with Crippen LogP contribution < -0.4 is 20.3 Å². The molecule has 0 bridgehead atoms. The van der Waals surface area contributed by atoms with Crippen molar-refractivity contribution in [2.75, 3.05) is 29.7 Å². The minimum Gasteiger partial charge on any atom is -0.481 e. The Bertz CT molecular complexity index is 1120. The largest absolute Gasteiger partial charge is 0.481 e. The molecule has 2 aromatic rings. The highest BCUT2D eigenvalue weighted by Gasteiger charge is 2.24. The predicted octanol–water partition coefficient (Wildman–Crippen LogP) is 3.62. The van der Waals surface area contributed by atoms with Crippen molar-refractivity contribution in [3.8, 4) is 11.5 Å². The molecule has 2 amide bonds. The molecule has 0 unspecified atom stereocenters. The lowest BCUT2D eigenvalue weighted by atomic mass is 10.1. The molecule has 0 fully saturated rings. The van der Waals surface area contributed by atoms with Crippen LogP contribution in [-0.4, -0.2) is 70.9 Å². The summed E-state index contributed by atoms with van der Waals surface area (Å²) >= 11 is 11.8. The van der Waals surface area contributed by atoms with Gasteiger partial charge in [0.25, 0.3) is 5.91 Å². The Morgan fingerprint density at radius 2 is 1.55 bits per heavy atom. The Hall–Kier alpha value is -3.50. The molecular formula is C26H31Cl2N3O7. The van der Waals surface area contributed by atoms with Crippen LogP contribution >= 0.6 is 23.2 Å². The lowest BCUT2D eigenvalue weighted by Crippen LogP contribution is -2.50. The average Bonchev–Trinajstić information content (AvgIpc) is 2.86. The molecule has 206 valence electrons. The summed E-state index contributed by atoms with van der Waals surface area (Å²) in [5, 5.41) is 22.7. The Labute approximate surface area is 230 Å². The van der Waals surface area contributed by atoms with Crippen molar-refractivity contribution in [3.05, 3.63) is 53.6 Å². The summed E-state index contributed by atoms with van der Waals surface area (Å²) in [6, 6.07) is 9.53. The molecule has 2 rings (SSSR count). The number of carboxylic acids is 2. The van der Waals surface area contributed by atoms with Gasteiger partial charge in [-0.05, 0) is 68.3 Å². The molecule has 0 aromatic heterocycles. The summed E-state index contributed by atoms with van der Waals surface area (Å²) in [6.45, 7) is 4.70. The molecule has 4 N–H and O–H groups in total. The predicted molar refractivity (Wildman–Crippen MR) is 145 cm³/mol. The van der Waals surface area contributed by atoms with Crippen LogP contribution in [0.15, 0.2) is 42.5 Å². The first-order valence-electron chi connectivity index (χ1n) is 11.9. The van der Waals surface area contributed by atoms with Gasteiger partial charge in [-0.2, -0.15) is 0 Å². The number of carboxylic acid groups (broad SMARTS) is 2. The summed E-state index contributed by atoms with van der Waals surface area (Å²) in [5.74, 6) is -1.76. The number of alkyl halides is 2. The van der Waals surface area contributed by atoms with Crippen molar-refractivity contribution in [1.29, 1.82) is 0 Å². The number of halogens is 2. The molecule has 0 aliphatic rings. The molecule has 2 aromatic carbocycles. The van der Waals surface area contributed by atoms with Gasteiger partial charge in [-0.3, -0.25) is 14.4 Å². The molecule has 0 aliphatic heterocycles. The summed E-state index contributed by atoms with van der Waals surface area (Å²) in [5.41, 5.74) is 2.27. The van der Waals surface area contributed by atoms with Crippen LogP contribution in [-0.2, 0) is 14.4 Å². The number of nitrogens with one attached hydrogen (secondary N) is 2. The molecule has 0 aliphatic carbocycles. The minimum absolute atomic E-state index is 0.266. The smallest absolute Gasteiger partial charge is 0.326 e. The van der Waals surface area contributed by atoms with Crippen LogP contribution in [0.5, 0.6) is 11.5 Å². The van der Waals surface area contributed by atoms with E-state index in [1.54, 1.807) is 12.1 Å². The second kappa shape index (κ2) is 15.0. The van der Waals surface area contributed by atoms with E-state index >= 15 is 0 Å². The highest BCUT2D eigenvalue weighted by atomic mass is 35.5. The topological polar surface area (TPSA) is 145 Å². The molecule has 0 heterocycles. The van der Waals surface area contributed by atoms with Crippen LogP contribution in [0.3, 0.4) is 0 Å². The number of ether oxygens (including phenoxy) is 1. The van der Waals surface area contributed by atoms with E-state index in [0.717, 1.165) is 11.3 Å². The zero-order valence-electron chi connectivity index (χ0n) is 21.1. The third-order valence-electron chi connectivity index (χ3n) is 5.57. The SMILES string of the molecule is Cc1cc(Oc2ccc(C(=O)N[C@@H](C)C(=O)N[C@@H](CCC(=O)O)C(=O)O)cc2)ccc1N(CCCl)CCCl. The van der Waals surface area contributed by atoms with Crippen molar-refractivity contribution in [3.63, 3.8) is 0 Å². The van der Waals surface area contributed by atoms with E-state index in [1.807, 2.05) is 25.1 Å². The highest BCUT2D eigenvalue weighted by Crippen LogP contribution is 2.28. The fourth-order valence-electron chi connectivity index (χ4n) is 3.58. The van der Waals surface area contributed by atoms with Crippen molar-refractivity contribution in [1.82, 2.24) is 10.6 Å². The van der Waals surface area contributed by atoms with Gasteiger partial charge in [0, 0.05) is 42.5 Å². The Morgan fingerprint density at radius 1 is 0.947 bits per heavy atom. The molecular weight excluding hydrogens is 537 g/mol. The average molecular weight is 568 g/mol. The van der Waals surface area contributed by atoms with E-state index in [-0.39, 0.29) is 12.0 Å². The van der Waals surface area contributed by atoms with Crippen LogP contribution in [0, 0.1) is 6.92 Å². The Kier molecular flexibility index (Phi) is 12.2. The molecule has 0 radical (unpaired) electrons. The van der Waals surface area contributed by atoms with Crippen molar-refractivity contribution in [2.45, 2.75) is 38.8 Å². The van der Waals surface area contributed by atoms with Crippen LogP contribution in [0.25, 0.3) is 0 Å². The van der Waals surface area contributed by atoms with E-state index < -0.39 is 42.3 Å². The molecule has 10 nitrogen and oxygen atoms in total. The molecule has 12 heteroatoms. The van der Waals surface area contributed by atoms with Crippen molar-refractivity contribution < 1.29 is 34.1 Å². The van der Waals surface area contributed by atoms with Gasteiger partial charge in [-0.1, -0.05) is 0 Å². The van der Waals surface area contributed by atoms with Gasteiger partial charge in [0.1, 0.15) is 23.6 Å². The van der Waals surface area contributed by atoms with Gasteiger partial charge in [-0.25, -0.2) is 4.79 Å². The number of anilines is 1. The van der Waals surface area contributed by atoms with Gasteiger partial charge in [-0.15, -0.1) is 23.2 Å². The number of rotatable bonds is 15. The molecule has 2 atom stereocenters. The maximum Gasteiger partial charge on any atom is 0.326 e. The second-order valence-corrected chi connectivity index (χ2v) is 9.22. The first kappa shape index (κ1) is 30.7. The number of hydrogen-bond acceptors (Lipinski definition) is 6. The number of carbonyl (C=O) groups is 4. The number of benzene rings is 2. The maximum absolute atomic E-state index is 12.6. The van der Waals surface area contributed by atoms with Crippen LogP contribution in [0.1, 0.15) is 35.7 Å². The first-order chi connectivity index (χ1) is 18.0. The fraction of sp³-hybridized carbons (Fsp3) is 0.385. The molecule has 0 saturated carbocycles. The Morgan fingerprint density at radius 3 is 2.08 bits per heavy atom. The second-order valence-electron chi connectivity index (χ2n) is 8.47. The van der Waals surface area contributed by atoms with E-state index in [9.17, 15) is 24.3 Å². The minimum atomic E-state index is -1.38. The zero-order chi connectivity index (χ0) is 28.2. The standard InChI is InChI=1S/C26H31Cl2N3O7/c1-16-15-20(7-9-22(16)31(13-11-27)14-12-28)38-19-5-3-18(4-6-19)25(35)29-17(2)24(34)30-21(26(36)37)8-10-23(32)33/h3-7,9,15,17,21H,8,10-14H2,1-2H3,(H,29,35)(H,30,34)(H,32,33)(H,36,37)/t17-,21-/m0/s1. The monoisotopic (exact) mass is 567 g/mol. The molecule has 0 spiro atoms. The van der Waals surface area contributed by atoms with E-state index in [0.29, 0.717) is 36.3 Å². The van der Waals surface area contributed by atoms with Gasteiger partial charge in [0.15, 0.2) is 0 Å². The summed E-state index contributed by atoms with van der Waals surface area (Å²) < 4.78 is 5.91. The van der Waals surface area contributed by atoms with Crippen molar-refractivity contribution in [2.24, 2.45) is 0 Å². The van der Waals surface area contributed by atoms with Gasteiger partial charge in [0.2, 0.25) is 5.91 Å². The normalized spacial score (nSPS) is 12.2. The fourth-order valence-corrected chi connectivity index (χ4v) is 3.99. The van der Waals surface area contributed by atoms with Crippen LogP contribution in [0.4, 0.5) is 5.69 Å². The van der Waals surface area contributed by atoms with E-state index in [4.69, 9.17) is 33.0 Å². The molecule has 0 saturated heterocycles. The maximum atomic E-state index is 12.6. The first-order valence-corrected chi connectivity index (χ1v) is 12.9. The van der Waals surface area contributed by atoms with Gasteiger partial charge < -0.3 is 30.5 Å². The quantitative estimate of drug-likeness (QED) is 0.239. The van der Waals surface area contributed by atoms with Gasteiger partial charge in [0.05, 0.1) is 0 Å². The number of carbonyl (C=O) groups excluding carboxylic acids is 2. The van der Waals surface area contributed by atoms with Crippen molar-refractivity contribution >= 4 is 52.6 Å². The lowest BCUT2D eigenvalue weighted by Gasteiger charge is -2.25. The summed E-state index contributed by atoms with van der Waals surface area (Å²) in [4.78, 5) is 49.0.